The molecule has 0 bridgehead atoms. The van der Waals surface area contributed by atoms with Crippen molar-refractivity contribution < 1.29 is 8.78 Å². The standard InChI is InChI=1S/C31H48F2/c1-2-3-23-4-6-24(7-5-23)8-9-25-10-14-27(15-11-25)29-18-20-30(21-19-29)28-16-12-26(13-17-28)22-31(32)33/h2-3,8-9,22-30H,4-7,10-21H2,1H3/b3-2+,9-8+. The molecule has 4 aliphatic rings. The number of rotatable bonds is 6. The van der Waals surface area contributed by atoms with E-state index < -0.39 is 6.08 Å². The molecular formula is C31H48F2. The number of hydrogen-bond acceptors (Lipinski definition) is 0. The van der Waals surface area contributed by atoms with Gasteiger partial charge in [0.05, 0.1) is 0 Å². The quantitative estimate of drug-likeness (QED) is 0.347. The highest BCUT2D eigenvalue weighted by atomic mass is 19.3. The molecule has 0 heterocycles. The Hall–Kier alpha value is -0.920. The van der Waals surface area contributed by atoms with Gasteiger partial charge in [-0.05, 0) is 163 Å². The highest BCUT2D eigenvalue weighted by molar-refractivity contribution is 4.99. The van der Waals surface area contributed by atoms with Crippen molar-refractivity contribution in [2.24, 2.45) is 47.3 Å². The van der Waals surface area contributed by atoms with E-state index in [1.165, 1.54) is 96.0 Å². The number of allylic oxidation sites excluding steroid dienone is 5. The van der Waals surface area contributed by atoms with Gasteiger partial charge >= 0.3 is 0 Å². The third kappa shape index (κ3) is 7.53. The molecule has 2 heteroatoms. The molecule has 4 saturated carbocycles. The van der Waals surface area contributed by atoms with Crippen molar-refractivity contribution in [3.05, 3.63) is 36.5 Å². The van der Waals surface area contributed by atoms with Crippen LogP contribution in [0.5, 0.6) is 0 Å². The highest BCUT2D eigenvalue weighted by Crippen LogP contribution is 2.46. The Morgan fingerprint density at radius 1 is 0.455 bits per heavy atom. The second-order valence-corrected chi connectivity index (χ2v) is 12.1. The monoisotopic (exact) mass is 458 g/mol. The van der Waals surface area contributed by atoms with Gasteiger partial charge in [-0.25, -0.2) is 0 Å². The van der Waals surface area contributed by atoms with E-state index in [0.29, 0.717) is 0 Å². The van der Waals surface area contributed by atoms with Crippen molar-refractivity contribution in [1.82, 2.24) is 0 Å². The topological polar surface area (TPSA) is 0 Å². The van der Waals surface area contributed by atoms with Crippen LogP contribution in [-0.2, 0) is 0 Å². The maximum Gasteiger partial charge on any atom is 0.266 e. The Balaban J connectivity index is 1.12. The molecule has 0 N–H and O–H groups in total. The predicted molar refractivity (Wildman–Crippen MR) is 136 cm³/mol. The van der Waals surface area contributed by atoms with Gasteiger partial charge in [-0.2, -0.15) is 8.78 Å². The molecule has 33 heavy (non-hydrogen) atoms. The Kier molecular flexibility index (Phi) is 9.68. The Morgan fingerprint density at radius 2 is 0.758 bits per heavy atom. The first-order valence-corrected chi connectivity index (χ1v) is 14.4. The molecule has 4 fully saturated rings. The zero-order chi connectivity index (χ0) is 23.0. The average molecular weight is 459 g/mol. The Labute approximate surface area is 202 Å². The van der Waals surface area contributed by atoms with Crippen molar-refractivity contribution in [2.75, 3.05) is 0 Å². The molecule has 4 aliphatic carbocycles. The van der Waals surface area contributed by atoms with Crippen LogP contribution in [0.15, 0.2) is 36.5 Å². The number of halogens is 2. The summed E-state index contributed by atoms with van der Waals surface area (Å²) in [6.45, 7) is 2.15. The van der Waals surface area contributed by atoms with Crippen LogP contribution < -0.4 is 0 Å². The molecule has 0 aliphatic heterocycles. The van der Waals surface area contributed by atoms with Gasteiger partial charge < -0.3 is 0 Å². The number of hydrogen-bond donors (Lipinski definition) is 0. The molecule has 0 spiro atoms. The SMILES string of the molecule is C/C=C/C1CCC(/C=C/C2CCC(C3CCC(C4CCC(C=C(F)F)CC4)CC3)CC2)CC1. The molecule has 186 valence electrons. The van der Waals surface area contributed by atoms with Crippen LogP contribution in [0.1, 0.15) is 110 Å². The predicted octanol–water partition coefficient (Wildman–Crippen LogP) is 10.1. The summed E-state index contributed by atoms with van der Waals surface area (Å²) in [6, 6.07) is 0. The van der Waals surface area contributed by atoms with Crippen molar-refractivity contribution in [3.8, 4) is 0 Å². The van der Waals surface area contributed by atoms with Gasteiger partial charge in [0.25, 0.3) is 6.08 Å². The van der Waals surface area contributed by atoms with E-state index in [0.717, 1.165) is 54.3 Å². The fraction of sp³-hybridized carbons (Fsp3) is 0.806. The van der Waals surface area contributed by atoms with E-state index in [1.807, 2.05) is 0 Å². The second kappa shape index (κ2) is 12.7. The van der Waals surface area contributed by atoms with Gasteiger partial charge in [0.1, 0.15) is 0 Å². The van der Waals surface area contributed by atoms with Crippen LogP contribution in [0.2, 0.25) is 0 Å². The molecule has 0 nitrogen and oxygen atoms in total. The minimum Gasteiger partial charge on any atom is -0.174 e. The molecule has 4 rings (SSSR count). The van der Waals surface area contributed by atoms with E-state index in [4.69, 9.17) is 0 Å². The first-order chi connectivity index (χ1) is 16.1. The van der Waals surface area contributed by atoms with Gasteiger partial charge in [0, 0.05) is 0 Å². The van der Waals surface area contributed by atoms with Crippen molar-refractivity contribution in [1.29, 1.82) is 0 Å². The lowest BCUT2D eigenvalue weighted by Gasteiger charge is -2.41. The molecule has 0 aromatic heterocycles. The molecular weight excluding hydrogens is 410 g/mol. The highest BCUT2D eigenvalue weighted by Gasteiger charge is 2.34. The molecule has 0 amide bonds. The van der Waals surface area contributed by atoms with E-state index in [1.54, 1.807) is 0 Å². The lowest BCUT2D eigenvalue weighted by molar-refractivity contribution is 0.112. The van der Waals surface area contributed by atoms with E-state index in [-0.39, 0.29) is 5.92 Å². The van der Waals surface area contributed by atoms with E-state index >= 15 is 0 Å². The first-order valence-electron chi connectivity index (χ1n) is 14.4. The summed E-state index contributed by atoms with van der Waals surface area (Å²) in [5.74, 6) is 6.28. The van der Waals surface area contributed by atoms with Crippen LogP contribution in [0, 0.1) is 47.3 Å². The van der Waals surface area contributed by atoms with Crippen molar-refractivity contribution in [2.45, 2.75) is 110 Å². The molecule has 0 atom stereocenters. The molecule has 0 unspecified atom stereocenters. The summed E-state index contributed by atoms with van der Waals surface area (Å²) in [6.07, 6.45) is 30.8. The molecule has 0 aromatic rings. The third-order valence-corrected chi connectivity index (χ3v) is 10.1. The maximum atomic E-state index is 12.5. The van der Waals surface area contributed by atoms with E-state index in [2.05, 4.69) is 31.2 Å². The van der Waals surface area contributed by atoms with Crippen LogP contribution in [-0.4, -0.2) is 0 Å². The van der Waals surface area contributed by atoms with Crippen LogP contribution >= 0.6 is 0 Å². The van der Waals surface area contributed by atoms with Crippen LogP contribution in [0.4, 0.5) is 8.78 Å². The summed E-state index contributed by atoms with van der Waals surface area (Å²) < 4.78 is 25.1. The summed E-state index contributed by atoms with van der Waals surface area (Å²) in [7, 11) is 0. The fourth-order valence-electron chi connectivity index (χ4n) is 7.97. The minimum atomic E-state index is -1.48. The average Bonchev–Trinajstić information content (AvgIpc) is 2.84. The third-order valence-electron chi connectivity index (χ3n) is 10.1. The van der Waals surface area contributed by atoms with Gasteiger partial charge in [-0.3, -0.25) is 0 Å². The maximum absolute atomic E-state index is 12.5. The van der Waals surface area contributed by atoms with Crippen LogP contribution in [0.25, 0.3) is 0 Å². The second-order valence-electron chi connectivity index (χ2n) is 12.1. The Morgan fingerprint density at radius 3 is 1.12 bits per heavy atom. The first kappa shape index (κ1) is 25.2. The lowest BCUT2D eigenvalue weighted by atomic mass is 9.65. The summed E-state index contributed by atoms with van der Waals surface area (Å²) in [4.78, 5) is 0. The molecule has 0 saturated heterocycles. The summed E-state index contributed by atoms with van der Waals surface area (Å²) in [5, 5.41) is 0. The largest absolute Gasteiger partial charge is 0.266 e. The Bertz CT molecular complexity index is 640. The van der Waals surface area contributed by atoms with Crippen molar-refractivity contribution in [3.63, 3.8) is 0 Å². The smallest absolute Gasteiger partial charge is 0.174 e. The zero-order valence-electron chi connectivity index (χ0n) is 21.1. The lowest BCUT2D eigenvalue weighted by Crippen LogP contribution is -2.29. The summed E-state index contributed by atoms with van der Waals surface area (Å²) in [5.41, 5.74) is 0. The van der Waals surface area contributed by atoms with Gasteiger partial charge in [0.2, 0.25) is 0 Å². The van der Waals surface area contributed by atoms with Crippen LogP contribution in [0.3, 0.4) is 0 Å². The fourth-order valence-corrected chi connectivity index (χ4v) is 7.97. The summed E-state index contributed by atoms with van der Waals surface area (Å²) >= 11 is 0. The van der Waals surface area contributed by atoms with Gasteiger partial charge in [-0.15, -0.1) is 0 Å². The molecule has 0 radical (unpaired) electrons. The van der Waals surface area contributed by atoms with Crippen molar-refractivity contribution >= 4 is 0 Å². The van der Waals surface area contributed by atoms with Gasteiger partial charge in [-0.1, -0.05) is 24.3 Å². The molecule has 0 aromatic carbocycles. The minimum absolute atomic E-state index is 0.139. The van der Waals surface area contributed by atoms with Gasteiger partial charge in [0.15, 0.2) is 0 Å². The normalized spacial score (nSPS) is 40.8. The van der Waals surface area contributed by atoms with E-state index in [9.17, 15) is 8.78 Å². The zero-order valence-corrected chi connectivity index (χ0v) is 21.1.